The van der Waals surface area contributed by atoms with E-state index in [1.54, 1.807) is 24.3 Å². The average molecular weight is 539 g/mol. The van der Waals surface area contributed by atoms with E-state index in [9.17, 15) is 35.9 Å². The van der Waals surface area contributed by atoms with Gasteiger partial charge in [-0.05, 0) is 47.0 Å². The molecule has 0 bridgehead atoms. The van der Waals surface area contributed by atoms with Gasteiger partial charge < -0.3 is 14.8 Å². The molecule has 1 N–H and O–H groups in total. The number of amides is 1. The molecule has 3 aromatic carbocycles. The second-order valence-electron chi connectivity index (χ2n) is 8.36. The van der Waals surface area contributed by atoms with Gasteiger partial charge in [0.05, 0.1) is 24.7 Å². The molecule has 5 nitrogen and oxygen atoms in total. The smallest absolute Gasteiger partial charge is 0.416 e. The van der Waals surface area contributed by atoms with E-state index < -0.39 is 53.4 Å². The molecule has 3 rings (SSSR count). The van der Waals surface area contributed by atoms with Crippen molar-refractivity contribution in [3.8, 4) is 5.75 Å². The third kappa shape index (κ3) is 8.25. The lowest BCUT2D eigenvalue weighted by Crippen LogP contribution is -2.43. The van der Waals surface area contributed by atoms with Gasteiger partial charge in [0.25, 0.3) is 0 Å². The van der Waals surface area contributed by atoms with Gasteiger partial charge in [-0.1, -0.05) is 42.5 Å². The zero-order chi connectivity index (χ0) is 27.9. The first-order valence-corrected chi connectivity index (χ1v) is 11.3. The maximum absolute atomic E-state index is 13.1. The normalized spacial score (nSPS) is 12.5. The summed E-state index contributed by atoms with van der Waals surface area (Å²) in [7, 11) is 1.09. The van der Waals surface area contributed by atoms with Crippen LogP contribution in [-0.2, 0) is 46.1 Å². The number of hydrogen-bond donors (Lipinski definition) is 1. The number of hydrogen-bond acceptors (Lipinski definition) is 4. The minimum absolute atomic E-state index is 0.0219. The van der Waals surface area contributed by atoms with Crippen molar-refractivity contribution in [3.63, 3.8) is 0 Å². The Balaban J connectivity index is 1.68. The van der Waals surface area contributed by atoms with Gasteiger partial charge in [-0.25, -0.2) is 4.79 Å². The Morgan fingerprint density at radius 3 is 1.89 bits per heavy atom. The number of methoxy groups -OCH3 is 1. The predicted molar refractivity (Wildman–Crippen MR) is 125 cm³/mol. The number of carbonyl (C=O) groups is 2. The van der Waals surface area contributed by atoms with Crippen molar-refractivity contribution in [1.82, 2.24) is 5.32 Å². The first kappa shape index (κ1) is 28.5. The van der Waals surface area contributed by atoms with Gasteiger partial charge in [0, 0.05) is 6.42 Å². The molecule has 3 aromatic rings. The third-order valence-electron chi connectivity index (χ3n) is 5.44. The van der Waals surface area contributed by atoms with Crippen LogP contribution in [0.2, 0.25) is 0 Å². The summed E-state index contributed by atoms with van der Waals surface area (Å²) in [4.78, 5) is 24.8. The Hall–Kier alpha value is -4.02. The number of alkyl halides is 6. The van der Waals surface area contributed by atoms with E-state index in [0.29, 0.717) is 30.1 Å². The number of ether oxygens (including phenoxy) is 2. The molecule has 1 amide bonds. The first-order chi connectivity index (χ1) is 17.8. The highest BCUT2D eigenvalue weighted by Crippen LogP contribution is 2.36. The highest BCUT2D eigenvalue weighted by Gasteiger charge is 2.37. The molecule has 0 aliphatic heterocycles. The Bertz CT molecular complexity index is 1210. The number of benzene rings is 3. The maximum atomic E-state index is 13.1. The van der Waals surface area contributed by atoms with Crippen LogP contribution >= 0.6 is 0 Å². The zero-order valence-electron chi connectivity index (χ0n) is 20.0. The summed E-state index contributed by atoms with van der Waals surface area (Å²) in [5.41, 5.74) is -2.00. The van der Waals surface area contributed by atoms with Crippen LogP contribution in [0.15, 0.2) is 72.8 Å². The topological polar surface area (TPSA) is 64.6 Å². The molecule has 0 saturated heterocycles. The molecule has 0 saturated carbocycles. The van der Waals surface area contributed by atoms with E-state index in [4.69, 9.17) is 9.47 Å². The number of halogens is 6. The molecule has 0 radical (unpaired) electrons. The fourth-order valence-corrected chi connectivity index (χ4v) is 3.59. The second kappa shape index (κ2) is 12.0. The molecule has 0 aromatic heterocycles. The summed E-state index contributed by atoms with van der Waals surface area (Å²) >= 11 is 0. The van der Waals surface area contributed by atoms with E-state index in [1.165, 1.54) is 0 Å². The molecule has 0 unspecified atom stereocenters. The number of rotatable bonds is 9. The largest absolute Gasteiger partial charge is 0.489 e. The van der Waals surface area contributed by atoms with Crippen LogP contribution in [0.3, 0.4) is 0 Å². The van der Waals surface area contributed by atoms with Crippen LogP contribution in [0, 0.1) is 0 Å². The lowest BCUT2D eigenvalue weighted by atomic mass is 10.0. The second-order valence-corrected chi connectivity index (χ2v) is 8.36. The van der Waals surface area contributed by atoms with Gasteiger partial charge in [0.2, 0.25) is 5.91 Å². The molecule has 0 heterocycles. The molecule has 0 aliphatic carbocycles. The lowest BCUT2D eigenvalue weighted by molar-refractivity contribution is -0.145. The molecule has 0 fully saturated rings. The number of nitrogens with one attached hydrogen (secondary N) is 1. The Kier molecular flexibility index (Phi) is 9.03. The highest BCUT2D eigenvalue weighted by atomic mass is 19.4. The Morgan fingerprint density at radius 1 is 0.789 bits per heavy atom. The fourth-order valence-electron chi connectivity index (χ4n) is 3.59. The van der Waals surface area contributed by atoms with Crippen molar-refractivity contribution < 1.29 is 45.4 Å². The van der Waals surface area contributed by atoms with Crippen molar-refractivity contribution in [1.29, 1.82) is 0 Å². The molecule has 11 heteroatoms. The van der Waals surface area contributed by atoms with Gasteiger partial charge in [-0.3, -0.25) is 4.79 Å². The van der Waals surface area contributed by atoms with Crippen molar-refractivity contribution >= 4 is 11.9 Å². The van der Waals surface area contributed by atoms with Crippen LogP contribution < -0.4 is 10.1 Å². The van der Waals surface area contributed by atoms with E-state index >= 15 is 0 Å². The Labute approximate surface area is 214 Å². The molecule has 1 atom stereocenters. The van der Waals surface area contributed by atoms with Gasteiger partial charge >= 0.3 is 18.3 Å². The highest BCUT2D eigenvalue weighted by molar-refractivity contribution is 5.85. The fraction of sp³-hybridized carbons (Fsp3) is 0.259. The van der Waals surface area contributed by atoms with E-state index in [0.717, 1.165) is 12.7 Å². The van der Waals surface area contributed by atoms with Crippen LogP contribution in [0.5, 0.6) is 5.75 Å². The molecule has 202 valence electrons. The minimum atomic E-state index is -5.04. The Morgan fingerprint density at radius 2 is 1.37 bits per heavy atom. The van der Waals surface area contributed by atoms with Gasteiger partial charge in [0.1, 0.15) is 18.4 Å². The molecular weight excluding hydrogens is 516 g/mol. The molecule has 38 heavy (non-hydrogen) atoms. The van der Waals surface area contributed by atoms with Gasteiger partial charge in [-0.15, -0.1) is 0 Å². The first-order valence-electron chi connectivity index (χ1n) is 11.3. The van der Waals surface area contributed by atoms with Crippen LogP contribution in [-0.4, -0.2) is 25.0 Å². The van der Waals surface area contributed by atoms with Gasteiger partial charge in [0.15, 0.2) is 0 Å². The summed E-state index contributed by atoms with van der Waals surface area (Å²) in [5, 5.41) is 2.34. The van der Waals surface area contributed by atoms with Crippen molar-refractivity contribution in [2.24, 2.45) is 0 Å². The average Bonchev–Trinajstić information content (AvgIpc) is 2.86. The van der Waals surface area contributed by atoms with E-state index in [1.807, 2.05) is 30.3 Å². The summed E-state index contributed by atoms with van der Waals surface area (Å²) in [6.45, 7) is 0.340. The summed E-state index contributed by atoms with van der Waals surface area (Å²) in [6.07, 6.45) is -10.9. The standard InChI is InChI=1S/C27H23F6NO4/c1-37-25(36)23(13-17-7-9-22(10-8-17)38-16-18-5-3-2-4-6-18)34-24(35)14-19-11-20(26(28,29)30)15-21(12-19)27(31,32)33/h2-12,15,23H,13-14,16H2,1H3,(H,34,35)/t23-/m1/s1. The predicted octanol–water partition coefficient (Wildman–Crippen LogP) is 5.75. The van der Waals surface area contributed by atoms with E-state index in [-0.39, 0.29) is 12.5 Å². The lowest BCUT2D eigenvalue weighted by Gasteiger charge is -2.18. The minimum Gasteiger partial charge on any atom is -0.489 e. The summed E-state index contributed by atoms with van der Waals surface area (Å²) in [6, 6.07) is 15.8. The summed E-state index contributed by atoms with van der Waals surface area (Å²) < 4.78 is 89.0. The third-order valence-corrected chi connectivity index (χ3v) is 5.44. The van der Waals surface area contributed by atoms with Crippen LogP contribution in [0.4, 0.5) is 26.3 Å². The SMILES string of the molecule is COC(=O)[C@@H](Cc1ccc(OCc2ccccc2)cc1)NC(=O)Cc1cc(C(F)(F)F)cc(C(F)(F)F)c1. The molecule has 0 aliphatic rings. The van der Waals surface area contributed by atoms with Crippen LogP contribution in [0.1, 0.15) is 27.8 Å². The van der Waals surface area contributed by atoms with Crippen LogP contribution in [0.25, 0.3) is 0 Å². The van der Waals surface area contributed by atoms with Crippen molar-refractivity contribution in [2.45, 2.75) is 37.8 Å². The van der Waals surface area contributed by atoms with Crippen molar-refractivity contribution in [2.75, 3.05) is 7.11 Å². The molecule has 0 spiro atoms. The maximum Gasteiger partial charge on any atom is 0.416 e. The number of esters is 1. The van der Waals surface area contributed by atoms with Gasteiger partial charge in [-0.2, -0.15) is 26.3 Å². The van der Waals surface area contributed by atoms with Crippen molar-refractivity contribution in [3.05, 3.63) is 101 Å². The van der Waals surface area contributed by atoms with E-state index in [2.05, 4.69) is 5.32 Å². The summed E-state index contributed by atoms with van der Waals surface area (Å²) in [5.74, 6) is -1.22. The molecular formula is C27H23F6NO4. The zero-order valence-corrected chi connectivity index (χ0v) is 20.0. The monoisotopic (exact) mass is 539 g/mol. The number of carbonyl (C=O) groups excluding carboxylic acids is 2. The quantitative estimate of drug-likeness (QED) is 0.278.